The van der Waals surface area contributed by atoms with E-state index in [0.29, 0.717) is 16.1 Å². The molecule has 1 aromatic heterocycles. The first-order chi connectivity index (χ1) is 16.0. The van der Waals surface area contributed by atoms with Crippen LogP contribution in [0.3, 0.4) is 0 Å². The summed E-state index contributed by atoms with van der Waals surface area (Å²) in [7, 11) is -3.84. The smallest absolute Gasteiger partial charge is 0.189 e. The molecule has 0 saturated carbocycles. The van der Waals surface area contributed by atoms with Crippen molar-refractivity contribution in [3.8, 4) is 11.3 Å². The van der Waals surface area contributed by atoms with Gasteiger partial charge < -0.3 is 4.98 Å². The van der Waals surface area contributed by atoms with Crippen molar-refractivity contribution in [2.24, 2.45) is 0 Å². The van der Waals surface area contributed by atoms with Crippen LogP contribution in [-0.4, -0.2) is 13.4 Å². The lowest BCUT2D eigenvalue weighted by molar-refractivity contribution is 0.589. The lowest BCUT2D eigenvalue weighted by atomic mass is 9.98. The Balaban J connectivity index is 1.88. The average Bonchev–Trinajstić information content (AvgIpc) is 3.20. The monoisotopic (exact) mass is 471 g/mol. The van der Waals surface area contributed by atoms with Gasteiger partial charge in [-0.25, -0.2) is 8.42 Å². The summed E-state index contributed by atoms with van der Waals surface area (Å²) in [6.45, 7) is 1.94. The Hall–Kier alpha value is -3.34. The van der Waals surface area contributed by atoms with Crippen molar-refractivity contribution < 1.29 is 8.42 Å². The summed E-state index contributed by atoms with van der Waals surface area (Å²) in [6, 6.07) is 31.8. The van der Waals surface area contributed by atoms with E-state index in [9.17, 15) is 8.42 Å². The van der Waals surface area contributed by atoms with E-state index in [1.54, 1.807) is 24.3 Å². The normalized spacial score (nSPS) is 12.7. The molecule has 5 rings (SSSR count). The van der Waals surface area contributed by atoms with Crippen molar-refractivity contribution in [3.05, 3.63) is 125 Å². The van der Waals surface area contributed by atoms with Crippen LogP contribution >= 0.6 is 11.6 Å². The van der Waals surface area contributed by atoms with E-state index in [1.807, 2.05) is 85.8 Å². The summed E-state index contributed by atoms with van der Waals surface area (Å²) < 4.78 is 28.5. The fourth-order valence-corrected chi connectivity index (χ4v) is 6.49. The number of H-pyrrole nitrogens is 1. The van der Waals surface area contributed by atoms with Gasteiger partial charge >= 0.3 is 0 Å². The molecule has 5 heteroatoms. The largest absolute Gasteiger partial charge is 0.354 e. The van der Waals surface area contributed by atoms with Gasteiger partial charge in [-0.15, -0.1) is 0 Å². The first-order valence-corrected chi connectivity index (χ1v) is 12.6. The molecule has 1 unspecified atom stereocenters. The second-order valence-electron chi connectivity index (χ2n) is 8.08. The molecule has 0 aliphatic rings. The number of nitrogens with one attached hydrogen (secondary N) is 1. The minimum Gasteiger partial charge on any atom is -0.354 e. The van der Waals surface area contributed by atoms with Gasteiger partial charge in [0.05, 0.1) is 10.6 Å². The molecule has 1 N–H and O–H groups in total. The predicted octanol–water partition coefficient (Wildman–Crippen LogP) is 7.36. The number of aromatic amines is 1. The molecule has 1 atom stereocenters. The standard InChI is InChI=1S/C28H22ClNO2S/c1-19-15-17-21(18-16-19)33(31,32)28(22-11-5-7-13-24(22)29)26-23-12-6-8-14-25(23)30-27(26)20-9-3-2-4-10-20/h2-18,28,30H,1H3. The molecule has 0 fully saturated rings. The highest BCUT2D eigenvalue weighted by molar-refractivity contribution is 7.92. The quantitative estimate of drug-likeness (QED) is 0.291. The van der Waals surface area contributed by atoms with Gasteiger partial charge in [-0.3, -0.25) is 0 Å². The Bertz CT molecular complexity index is 1540. The van der Waals surface area contributed by atoms with Crippen molar-refractivity contribution >= 4 is 32.3 Å². The summed E-state index contributed by atoms with van der Waals surface area (Å²) in [6.07, 6.45) is 0. The number of halogens is 1. The molecule has 0 saturated heterocycles. The van der Waals surface area contributed by atoms with E-state index in [4.69, 9.17) is 11.6 Å². The molecule has 164 valence electrons. The first kappa shape index (κ1) is 21.5. The van der Waals surface area contributed by atoms with Crippen LogP contribution in [0.5, 0.6) is 0 Å². The van der Waals surface area contributed by atoms with Crippen LogP contribution in [0.1, 0.15) is 21.9 Å². The van der Waals surface area contributed by atoms with Gasteiger partial charge in [0.25, 0.3) is 0 Å². The van der Waals surface area contributed by atoms with Crippen LogP contribution in [0.2, 0.25) is 5.02 Å². The number of rotatable bonds is 5. The molecule has 33 heavy (non-hydrogen) atoms. The molecule has 3 nitrogen and oxygen atoms in total. The number of benzene rings is 4. The fraction of sp³-hybridized carbons (Fsp3) is 0.0714. The Kier molecular flexibility index (Phi) is 5.57. The van der Waals surface area contributed by atoms with Crippen LogP contribution in [0.15, 0.2) is 108 Å². The Morgan fingerprint density at radius 1 is 0.758 bits per heavy atom. The molecular formula is C28H22ClNO2S. The second kappa shape index (κ2) is 8.54. The third-order valence-corrected chi connectivity index (χ3v) is 8.30. The summed E-state index contributed by atoms with van der Waals surface area (Å²) in [5.74, 6) is 0. The van der Waals surface area contributed by atoms with E-state index in [1.165, 1.54) is 0 Å². The molecule has 0 spiro atoms. The summed E-state index contributed by atoms with van der Waals surface area (Å²) in [4.78, 5) is 3.74. The molecule has 0 aliphatic carbocycles. The van der Waals surface area contributed by atoms with Gasteiger partial charge in [-0.05, 0) is 42.3 Å². The highest BCUT2D eigenvalue weighted by Crippen LogP contribution is 2.45. The number of hydrogen-bond donors (Lipinski definition) is 1. The second-order valence-corrected chi connectivity index (χ2v) is 10.5. The molecule has 0 amide bonds. The Labute approximate surface area is 198 Å². The zero-order valence-corrected chi connectivity index (χ0v) is 19.6. The van der Waals surface area contributed by atoms with Crippen LogP contribution in [0.4, 0.5) is 0 Å². The van der Waals surface area contributed by atoms with Gasteiger partial charge in [0.2, 0.25) is 0 Å². The SMILES string of the molecule is Cc1ccc(S(=O)(=O)C(c2ccccc2Cl)c2c(-c3ccccc3)[nH]c3ccccc23)cc1. The van der Waals surface area contributed by atoms with Gasteiger partial charge in [-0.2, -0.15) is 0 Å². The maximum absolute atomic E-state index is 14.2. The molecule has 0 radical (unpaired) electrons. The number of para-hydroxylation sites is 1. The lowest BCUT2D eigenvalue weighted by Crippen LogP contribution is -2.16. The third kappa shape index (κ3) is 3.86. The minimum absolute atomic E-state index is 0.266. The van der Waals surface area contributed by atoms with E-state index < -0.39 is 15.1 Å². The van der Waals surface area contributed by atoms with Crippen LogP contribution < -0.4 is 0 Å². The lowest BCUT2D eigenvalue weighted by Gasteiger charge is -2.21. The van der Waals surface area contributed by atoms with Gasteiger partial charge in [-0.1, -0.05) is 96.0 Å². The molecule has 5 aromatic rings. The third-order valence-electron chi connectivity index (χ3n) is 5.92. The highest BCUT2D eigenvalue weighted by Gasteiger charge is 2.36. The summed E-state index contributed by atoms with van der Waals surface area (Å²) >= 11 is 6.63. The first-order valence-electron chi connectivity index (χ1n) is 10.7. The number of aromatic nitrogens is 1. The van der Waals surface area contributed by atoms with Gasteiger partial charge in [0, 0.05) is 21.5 Å². The van der Waals surface area contributed by atoms with Gasteiger partial charge in [0.15, 0.2) is 9.84 Å². The van der Waals surface area contributed by atoms with Crippen molar-refractivity contribution in [2.45, 2.75) is 17.1 Å². The number of fused-ring (bicyclic) bond motifs is 1. The van der Waals surface area contributed by atoms with Crippen LogP contribution in [-0.2, 0) is 9.84 Å². The zero-order chi connectivity index (χ0) is 23.0. The molecule has 4 aromatic carbocycles. The van der Waals surface area contributed by atoms with Gasteiger partial charge in [0.1, 0.15) is 5.25 Å². The fourth-order valence-electron chi connectivity index (χ4n) is 4.30. The number of hydrogen-bond acceptors (Lipinski definition) is 2. The maximum atomic E-state index is 14.2. The van der Waals surface area contributed by atoms with Crippen molar-refractivity contribution in [2.75, 3.05) is 0 Å². The Morgan fingerprint density at radius 2 is 1.39 bits per heavy atom. The number of aryl methyl sites for hydroxylation is 1. The Morgan fingerprint density at radius 3 is 2.12 bits per heavy atom. The topological polar surface area (TPSA) is 49.9 Å². The summed E-state index contributed by atoms with van der Waals surface area (Å²) in [5, 5.41) is 0.291. The minimum atomic E-state index is -3.84. The molecule has 0 aliphatic heterocycles. The molecule has 1 heterocycles. The highest BCUT2D eigenvalue weighted by atomic mass is 35.5. The van der Waals surface area contributed by atoms with E-state index >= 15 is 0 Å². The number of sulfone groups is 1. The van der Waals surface area contributed by atoms with Crippen molar-refractivity contribution in [1.29, 1.82) is 0 Å². The van der Waals surface area contributed by atoms with Crippen molar-refractivity contribution in [1.82, 2.24) is 4.98 Å². The zero-order valence-electron chi connectivity index (χ0n) is 18.0. The van der Waals surface area contributed by atoms with Crippen LogP contribution in [0, 0.1) is 6.92 Å². The molecule has 0 bridgehead atoms. The summed E-state index contributed by atoms with van der Waals surface area (Å²) in [5.41, 5.74) is 4.83. The average molecular weight is 472 g/mol. The van der Waals surface area contributed by atoms with E-state index in [-0.39, 0.29) is 4.90 Å². The van der Waals surface area contributed by atoms with E-state index in [0.717, 1.165) is 27.7 Å². The van der Waals surface area contributed by atoms with Crippen LogP contribution in [0.25, 0.3) is 22.2 Å². The molecular weight excluding hydrogens is 450 g/mol. The predicted molar refractivity (Wildman–Crippen MR) is 135 cm³/mol. The van der Waals surface area contributed by atoms with E-state index in [2.05, 4.69) is 4.98 Å². The van der Waals surface area contributed by atoms with Crippen molar-refractivity contribution in [3.63, 3.8) is 0 Å². The maximum Gasteiger partial charge on any atom is 0.189 e.